The predicted octanol–water partition coefficient (Wildman–Crippen LogP) is 3.04. The first kappa shape index (κ1) is 16.2. The van der Waals surface area contributed by atoms with Gasteiger partial charge in [-0.05, 0) is 56.6 Å². The average Bonchev–Trinajstić information content (AvgIpc) is 3.10. The number of benzene rings is 1. The molecule has 4 heteroatoms. The summed E-state index contributed by atoms with van der Waals surface area (Å²) >= 11 is 0. The van der Waals surface area contributed by atoms with Gasteiger partial charge in [0.05, 0.1) is 6.33 Å². The maximum Gasteiger partial charge on any atom is 0.0991 e. The Bertz CT molecular complexity index is 576. The standard InChI is InChI=1S/C19H28N4/c1-3-22-11-4-5-18(15-22)14-21(2)13-17-6-8-19(9-7-17)23-12-10-20-16-23/h6-10,12,16,18H,3-5,11,13-15H2,1-2H3. The molecule has 0 amide bonds. The monoisotopic (exact) mass is 312 g/mol. The molecule has 2 heterocycles. The highest BCUT2D eigenvalue weighted by Gasteiger charge is 2.19. The highest BCUT2D eigenvalue weighted by atomic mass is 15.1. The first-order chi connectivity index (χ1) is 11.2. The minimum absolute atomic E-state index is 0.818. The molecule has 1 aliphatic heterocycles. The zero-order valence-corrected chi connectivity index (χ0v) is 14.4. The molecule has 1 aromatic carbocycles. The van der Waals surface area contributed by atoms with Crippen molar-refractivity contribution in [2.24, 2.45) is 5.92 Å². The third-order valence-electron chi connectivity index (χ3n) is 4.81. The van der Waals surface area contributed by atoms with E-state index in [0.29, 0.717) is 0 Å². The van der Waals surface area contributed by atoms with E-state index < -0.39 is 0 Å². The molecule has 1 unspecified atom stereocenters. The van der Waals surface area contributed by atoms with Gasteiger partial charge in [-0.15, -0.1) is 0 Å². The van der Waals surface area contributed by atoms with E-state index >= 15 is 0 Å². The van der Waals surface area contributed by atoms with E-state index in [1.165, 1.54) is 50.3 Å². The first-order valence-electron chi connectivity index (χ1n) is 8.72. The summed E-state index contributed by atoms with van der Waals surface area (Å²) in [5.74, 6) is 0.818. The van der Waals surface area contributed by atoms with Crippen molar-refractivity contribution in [3.8, 4) is 5.69 Å². The van der Waals surface area contributed by atoms with Crippen molar-refractivity contribution in [2.45, 2.75) is 26.3 Å². The van der Waals surface area contributed by atoms with Gasteiger partial charge in [-0.2, -0.15) is 0 Å². The Balaban J connectivity index is 1.52. The van der Waals surface area contributed by atoms with Crippen LogP contribution in [0.2, 0.25) is 0 Å². The summed E-state index contributed by atoms with van der Waals surface area (Å²) in [5, 5.41) is 0. The van der Waals surface area contributed by atoms with Crippen LogP contribution >= 0.6 is 0 Å². The summed E-state index contributed by atoms with van der Waals surface area (Å²) < 4.78 is 2.04. The molecular weight excluding hydrogens is 284 g/mol. The molecule has 23 heavy (non-hydrogen) atoms. The second-order valence-electron chi connectivity index (χ2n) is 6.73. The minimum atomic E-state index is 0.818. The number of hydrogen-bond donors (Lipinski definition) is 0. The van der Waals surface area contributed by atoms with Crippen LogP contribution in [0.25, 0.3) is 5.69 Å². The van der Waals surface area contributed by atoms with Gasteiger partial charge in [0, 0.05) is 37.7 Å². The molecule has 1 aromatic heterocycles. The molecule has 0 bridgehead atoms. The Morgan fingerprint density at radius 1 is 1.26 bits per heavy atom. The van der Waals surface area contributed by atoms with Crippen molar-refractivity contribution in [1.29, 1.82) is 0 Å². The van der Waals surface area contributed by atoms with Gasteiger partial charge >= 0.3 is 0 Å². The Labute approximate surface area is 139 Å². The summed E-state index contributed by atoms with van der Waals surface area (Å²) in [6.07, 6.45) is 8.35. The molecule has 0 spiro atoms. The van der Waals surface area contributed by atoms with Crippen LogP contribution in [0.1, 0.15) is 25.3 Å². The summed E-state index contributed by atoms with van der Waals surface area (Å²) in [7, 11) is 2.24. The van der Waals surface area contributed by atoms with Gasteiger partial charge in [0.25, 0.3) is 0 Å². The zero-order valence-electron chi connectivity index (χ0n) is 14.4. The minimum Gasteiger partial charge on any atom is -0.306 e. The summed E-state index contributed by atoms with van der Waals surface area (Å²) in [6, 6.07) is 8.80. The number of imidazole rings is 1. The number of hydrogen-bond acceptors (Lipinski definition) is 3. The van der Waals surface area contributed by atoms with Crippen LogP contribution in [0.15, 0.2) is 43.0 Å². The molecular formula is C19H28N4. The number of nitrogens with zero attached hydrogens (tertiary/aromatic N) is 4. The highest BCUT2D eigenvalue weighted by molar-refractivity contribution is 5.34. The maximum atomic E-state index is 4.10. The van der Waals surface area contributed by atoms with Crippen molar-refractivity contribution in [1.82, 2.24) is 19.4 Å². The van der Waals surface area contributed by atoms with Crippen LogP contribution in [0, 0.1) is 5.92 Å². The van der Waals surface area contributed by atoms with Crippen molar-refractivity contribution in [3.05, 3.63) is 48.5 Å². The lowest BCUT2D eigenvalue weighted by molar-refractivity contribution is 0.146. The normalized spacial score (nSPS) is 19.3. The molecule has 1 aliphatic rings. The Morgan fingerprint density at radius 2 is 2.09 bits per heavy atom. The number of aromatic nitrogens is 2. The predicted molar refractivity (Wildman–Crippen MR) is 94.7 cm³/mol. The molecule has 4 nitrogen and oxygen atoms in total. The molecule has 0 aliphatic carbocycles. The van der Waals surface area contributed by atoms with Crippen LogP contribution in [0.4, 0.5) is 0 Å². The average molecular weight is 312 g/mol. The van der Waals surface area contributed by atoms with E-state index in [1.807, 2.05) is 23.3 Å². The number of likely N-dealkylation sites (tertiary alicyclic amines) is 1. The Kier molecular flexibility index (Phi) is 5.47. The second-order valence-corrected chi connectivity index (χ2v) is 6.73. The third kappa shape index (κ3) is 4.43. The quantitative estimate of drug-likeness (QED) is 0.819. The fourth-order valence-electron chi connectivity index (χ4n) is 3.59. The van der Waals surface area contributed by atoms with Crippen LogP contribution in [-0.2, 0) is 6.54 Å². The Hall–Kier alpha value is -1.65. The molecule has 1 saturated heterocycles. The van der Waals surface area contributed by atoms with Crippen molar-refractivity contribution < 1.29 is 0 Å². The van der Waals surface area contributed by atoms with E-state index in [-0.39, 0.29) is 0 Å². The van der Waals surface area contributed by atoms with Gasteiger partial charge in [-0.25, -0.2) is 4.98 Å². The molecule has 1 fully saturated rings. The van der Waals surface area contributed by atoms with Crippen LogP contribution in [-0.4, -0.2) is 52.6 Å². The maximum absolute atomic E-state index is 4.10. The molecule has 0 N–H and O–H groups in total. The van der Waals surface area contributed by atoms with Gasteiger partial charge < -0.3 is 14.4 Å². The smallest absolute Gasteiger partial charge is 0.0991 e. The Morgan fingerprint density at radius 3 is 2.78 bits per heavy atom. The molecule has 1 atom stereocenters. The largest absolute Gasteiger partial charge is 0.306 e. The van der Waals surface area contributed by atoms with E-state index in [2.05, 4.69) is 53.0 Å². The lowest BCUT2D eigenvalue weighted by Gasteiger charge is -2.34. The number of piperidine rings is 1. The lowest BCUT2D eigenvalue weighted by Crippen LogP contribution is -2.39. The molecule has 0 saturated carbocycles. The lowest BCUT2D eigenvalue weighted by atomic mass is 9.97. The summed E-state index contributed by atoms with van der Waals surface area (Å²) in [5.41, 5.74) is 2.54. The first-order valence-corrected chi connectivity index (χ1v) is 8.72. The third-order valence-corrected chi connectivity index (χ3v) is 4.81. The van der Waals surface area contributed by atoms with Gasteiger partial charge in [0.2, 0.25) is 0 Å². The summed E-state index contributed by atoms with van der Waals surface area (Å²) in [6.45, 7) is 8.23. The van der Waals surface area contributed by atoms with Gasteiger partial charge in [0.1, 0.15) is 0 Å². The van der Waals surface area contributed by atoms with Gasteiger partial charge in [0.15, 0.2) is 0 Å². The van der Waals surface area contributed by atoms with Crippen LogP contribution < -0.4 is 0 Å². The zero-order chi connectivity index (χ0) is 16.1. The SMILES string of the molecule is CCN1CCCC(CN(C)Cc2ccc(-n3ccnc3)cc2)C1. The van der Waals surface area contributed by atoms with E-state index in [1.54, 1.807) is 0 Å². The van der Waals surface area contributed by atoms with Crippen molar-refractivity contribution in [2.75, 3.05) is 33.2 Å². The molecule has 124 valence electrons. The summed E-state index contributed by atoms with van der Waals surface area (Å²) in [4.78, 5) is 9.15. The highest BCUT2D eigenvalue weighted by Crippen LogP contribution is 2.18. The van der Waals surface area contributed by atoms with Gasteiger partial charge in [-0.1, -0.05) is 19.1 Å². The van der Waals surface area contributed by atoms with Gasteiger partial charge in [-0.3, -0.25) is 0 Å². The molecule has 2 aromatic rings. The van der Waals surface area contributed by atoms with E-state index in [4.69, 9.17) is 0 Å². The van der Waals surface area contributed by atoms with Crippen molar-refractivity contribution in [3.63, 3.8) is 0 Å². The van der Waals surface area contributed by atoms with E-state index in [9.17, 15) is 0 Å². The van der Waals surface area contributed by atoms with Crippen LogP contribution in [0.3, 0.4) is 0 Å². The number of rotatable bonds is 6. The van der Waals surface area contributed by atoms with E-state index in [0.717, 1.165) is 12.5 Å². The molecule has 3 rings (SSSR count). The second kappa shape index (κ2) is 7.75. The van der Waals surface area contributed by atoms with Crippen molar-refractivity contribution >= 4 is 0 Å². The topological polar surface area (TPSA) is 24.3 Å². The molecule has 0 radical (unpaired) electrons. The fourth-order valence-corrected chi connectivity index (χ4v) is 3.59. The van der Waals surface area contributed by atoms with Crippen LogP contribution in [0.5, 0.6) is 0 Å². The fraction of sp³-hybridized carbons (Fsp3) is 0.526.